The summed E-state index contributed by atoms with van der Waals surface area (Å²) in [4.78, 5) is 22.1. The number of rotatable bonds is 22. The van der Waals surface area contributed by atoms with Gasteiger partial charge in [0.15, 0.2) is 23.1 Å². The second-order valence-electron chi connectivity index (χ2n) is 16.8. The number of benzene rings is 6. The Morgan fingerprint density at radius 1 is 0.657 bits per heavy atom. The van der Waals surface area contributed by atoms with Crippen molar-refractivity contribution in [1.82, 2.24) is 10.6 Å². The quantitative estimate of drug-likeness (QED) is 0.0562. The molecule has 0 saturated carbocycles. The number of nitrogens with one attached hydrogen (secondary N) is 2. The lowest BCUT2D eigenvalue weighted by molar-refractivity contribution is -0.119. The normalized spacial score (nSPS) is 11.9. The van der Waals surface area contributed by atoms with Gasteiger partial charge in [0.1, 0.15) is 61.1 Å². The van der Waals surface area contributed by atoms with Gasteiger partial charge >= 0.3 is 0 Å². The molecule has 6 aromatic carbocycles. The molecule has 1 heterocycles. The van der Waals surface area contributed by atoms with E-state index in [0.717, 1.165) is 58.5 Å². The number of hydrogen-bond donors (Lipinski definition) is 3. The van der Waals surface area contributed by atoms with Gasteiger partial charge in [-0.2, -0.15) is 0 Å². The largest absolute Gasteiger partial charge is 0.496 e. The number of ketones is 2. The highest BCUT2D eigenvalue weighted by molar-refractivity contribution is 5.76. The van der Waals surface area contributed by atoms with Gasteiger partial charge in [0.05, 0.1) is 25.9 Å². The van der Waals surface area contributed by atoms with Gasteiger partial charge in [-0.3, -0.25) is 4.79 Å². The third kappa shape index (κ3) is 15.1. The molecule has 11 nitrogen and oxygen atoms in total. The van der Waals surface area contributed by atoms with Gasteiger partial charge < -0.3 is 49.0 Å². The van der Waals surface area contributed by atoms with Crippen LogP contribution < -0.4 is 39.1 Å². The van der Waals surface area contributed by atoms with E-state index < -0.39 is 17.7 Å². The molecule has 1 aliphatic rings. The topological polar surface area (TPSA) is 134 Å². The molecule has 1 atom stereocenters. The molecule has 7 rings (SSSR count). The first-order valence-corrected chi connectivity index (χ1v) is 23.0. The Bertz CT molecular complexity index is 2650. The van der Waals surface area contributed by atoms with E-state index in [4.69, 9.17) is 28.4 Å². The molecule has 3 N–H and O–H groups in total. The van der Waals surface area contributed by atoms with Crippen LogP contribution >= 0.6 is 0 Å². The Hall–Kier alpha value is -6.80. The molecule has 70 heavy (non-hydrogen) atoms. The smallest absolute Gasteiger partial charge is 0.165 e. The summed E-state index contributed by atoms with van der Waals surface area (Å²) in [6.07, 6.45) is 0.520. The van der Waals surface area contributed by atoms with Gasteiger partial charge in [0.2, 0.25) is 0 Å². The Morgan fingerprint density at radius 3 is 1.91 bits per heavy atom. The zero-order valence-electron chi connectivity index (χ0n) is 40.2. The van der Waals surface area contributed by atoms with E-state index in [2.05, 4.69) is 60.0 Å². The summed E-state index contributed by atoms with van der Waals surface area (Å²) < 4.78 is 63.6. The number of ether oxygens (including phenoxy) is 6. The van der Waals surface area contributed by atoms with E-state index in [1.807, 2.05) is 61.5 Å². The highest BCUT2D eigenvalue weighted by Gasteiger charge is 2.18. The Kier molecular flexibility index (Phi) is 20.7. The predicted molar refractivity (Wildman–Crippen MR) is 270 cm³/mol. The van der Waals surface area contributed by atoms with Crippen molar-refractivity contribution in [3.8, 4) is 56.8 Å². The fourth-order valence-electron chi connectivity index (χ4n) is 7.94. The fraction of sp³-hybridized carbons (Fsp3) is 0.333. The summed E-state index contributed by atoms with van der Waals surface area (Å²) in [5, 5.41) is 15.9. The molecule has 0 saturated heterocycles. The SMILES string of the molecule is C.CC(=O)C[C@H](O)CNCc1cc(F)c(OCc2cccc(-c3ccc4c(c3)OCCO4)c2C)cc1F.COc1cc(OCc2cccc(-c3ccccc3)c2C)cc(OC)c1CNCCCC(C)=O. The van der Waals surface area contributed by atoms with E-state index in [1.165, 1.54) is 23.6 Å². The van der Waals surface area contributed by atoms with Crippen LogP contribution in [0.5, 0.6) is 34.5 Å². The first-order valence-electron chi connectivity index (χ1n) is 23.0. The van der Waals surface area contributed by atoms with Crippen LogP contribution in [0.25, 0.3) is 22.3 Å². The van der Waals surface area contributed by atoms with Crippen molar-refractivity contribution in [1.29, 1.82) is 0 Å². The van der Waals surface area contributed by atoms with Crippen molar-refractivity contribution < 1.29 is 51.9 Å². The molecule has 372 valence electrons. The molecule has 0 aliphatic carbocycles. The summed E-state index contributed by atoms with van der Waals surface area (Å²) >= 11 is 0. The van der Waals surface area contributed by atoms with E-state index in [1.54, 1.807) is 21.1 Å². The lowest BCUT2D eigenvalue weighted by Gasteiger charge is -2.20. The van der Waals surface area contributed by atoms with E-state index in [0.29, 0.717) is 61.5 Å². The number of carbonyl (C=O) groups is 2. The maximum Gasteiger partial charge on any atom is 0.165 e. The molecule has 6 aromatic rings. The Morgan fingerprint density at radius 2 is 1.29 bits per heavy atom. The molecule has 0 fully saturated rings. The lowest BCUT2D eigenvalue weighted by atomic mass is 9.96. The summed E-state index contributed by atoms with van der Waals surface area (Å²) in [5.74, 6) is 2.08. The van der Waals surface area contributed by atoms with Crippen molar-refractivity contribution >= 4 is 11.6 Å². The second kappa shape index (κ2) is 26.8. The van der Waals surface area contributed by atoms with Gasteiger partial charge in [-0.1, -0.05) is 80.2 Å². The van der Waals surface area contributed by atoms with Crippen LogP contribution in [0.1, 0.15) is 73.9 Å². The van der Waals surface area contributed by atoms with Crippen LogP contribution in [0.15, 0.2) is 109 Å². The van der Waals surface area contributed by atoms with Gasteiger partial charge in [-0.25, -0.2) is 8.78 Å². The van der Waals surface area contributed by atoms with E-state index in [9.17, 15) is 23.5 Å². The third-order valence-corrected chi connectivity index (χ3v) is 11.7. The molecular weight excluding hydrogens is 895 g/mol. The number of hydrogen-bond acceptors (Lipinski definition) is 11. The molecule has 0 bridgehead atoms. The van der Waals surface area contributed by atoms with Crippen LogP contribution in [0.3, 0.4) is 0 Å². The summed E-state index contributed by atoms with van der Waals surface area (Å²) in [7, 11) is 3.29. The Balaban J connectivity index is 0.000000258. The monoisotopic (exact) mass is 960 g/mol. The molecule has 0 unspecified atom stereocenters. The van der Waals surface area contributed by atoms with E-state index >= 15 is 0 Å². The maximum absolute atomic E-state index is 14.7. The van der Waals surface area contributed by atoms with E-state index in [-0.39, 0.29) is 56.4 Å². The highest BCUT2D eigenvalue weighted by atomic mass is 19.1. The minimum atomic E-state index is -0.876. The molecule has 0 radical (unpaired) electrons. The first-order chi connectivity index (χ1) is 33.3. The summed E-state index contributed by atoms with van der Waals surface area (Å²) in [6.45, 7) is 10.1. The van der Waals surface area contributed by atoms with Crippen LogP contribution in [0.2, 0.25) is 0 Å². The number of Topliss-reactive ketones (excluding diaryl/α,β-unsaturated/α-hetero) is 2. The molecule has 1 aliphatic heterocycles. The second-order valence-corrected chi connectivity index (χ2v) is 16.8. The van der Waals surface area contributed by atoms with Gasteiger partial charge in [0, 0.05) is 56.2 Å². The van der Waals surface area contributed by atoms with Gasteiger partial charge in [-0.15, -0.1) is 0 Å². The van der Waals surface area contributed by atoms with Crippen LogP contribution in [0, 0.1) is 25.5 Å². The third-order valence-electron chi connectivity index (χ3n) is 11.7. The summed E-state index contributed by atoms with van der Waals surface area (Å²) in [6, 6.07) is 34.1. The number of aliphatic hydroxyl groups excluding tert-OH is 1. The molecule has 0 amide bonds. The minimum absolute atomic E-state index is 0. The number of halogens is 2. The average molecular weight is 961 g/mol. The first kappa shape index (κ1) is 54.1. The molecular formula is C57H66F2N2O9. The minimum Gasteiger partial charge on any atom is -0.496 e. The number of methoxy groups -OCH3 is 2. The van der Waals surface area contributed by atoms with Crippen LogP contribution in [-0.4, -0.2) is 63.3 Å². The molecule has 0 spiro atoms. The highest BCUT2D eigenvalue weighted by Crippen LogP contribution is 2.37. The maximum atomic E-state index is 14.7. The lowest BCUT2D eigenvalue weighted by Crippen LogP contribution is -2.28. The van der Waals surface area contributed by atoms with Crippen molar-refractivity contribution in [3.05, 3.63) is 154 Å². The van der Waals surface area contributed by atoms with Crippen molar-refractivity contribution in [2.45, 2.75) is 86.8 Å². The molecule has 13 heteroatoms. The average Bonchev–Trinajstić information content (AvgIpc) is 3.34. The number of carbonyl (C=O) groups excluding carboxylic acids is 2. The molecule has 0 aromatic heterocycles. The van der Waals surface area contributed by atoms with Crippen molar-refractivity contribution in [3.63, 3.8) is 0 Å². The zero-order chi connectivity index (χ0) is 49.3. The van der Waals surface area contributed by atoms with Crippen LogP contribution in [-0.2, 0) is 35.9 Å². The van der Waals surface area contributed by atoms with Gasteiger partial charge in [0.25, 0.3) is 0 Å². The fourth-order valence-corrected chi connectivity index (χ4v) is 7.94. The standard InChI is InChI=1S/C28H29F2NO5.C28H33NO4.CH4/c1-17(32)10-22(33)15-31-14-21-11-25(30)27(13-24(21)29)36-16-20-4-3-5-23(18(20)2)19-6-7-26-28(12-19)35-9-8-34-26;1-20(30)10-9-15-29-18-26-27(31-3)16-24(17-28(26)32-4)33-19-23-13-8-14-25(21(23)2)22-11-6-5-7-12-22;/h3-7,11-13,22,31,33H,8-10,14-16H2,1-2H3;5-8,11-14,16-17,29H,9-10,15,18-19H2,1-4H3;1H4/t22-;;/m0../s1. The van der Waals surface area contributed by atoms with Crippen LogP contribution in [0.4, 0.5) is 8.78 Å². The number of fused-ring (bicyclic) bond motifs is 1. The summed E-state index contributed by atoms with van der Waals surface area (Å²) in [5.41, 5.74) is 9.50. The van der Waals surface area contributed by atoms with Gasteiger partial charge in [-0.05, 0) is 103 Å². The predicted octanol–water partition coefficient (Wildman–Crippen LogP) is 11.1. The van der Waals surface area contributed by atoms with Crippen molar-refractivity contribution in [2.75, 3.05) is 40.5 Å². The van der Waals surface area contributed by atoms with Crippen molar-refractivity contribution in [2.24, 2.45) is 0 Å². The Labute approximate surface area is 411 Å². The number of aliphatic hydroxyl groups is 1. The zero-order valence-corrected chi connectivity index (χ0v) is 40.2.